The van der Waals surface area contributed by atoms with Gasteiger partial charge in [0.1, 0.15) is 5.76 Å². The number of amides is 1. The molecule has 118 valence electrons. The lowest BCUT2D eigenvalue weighted by Gasteiger charge is -2.35. The van der Waals surface area contributed by atoms with Crippen LogP contribution in [0, 0.1) is 0 Å². The van der Waals surface area contributed by atoms with E-state index in [1.807, 2.05) is 18.0 Å². The second-order valence-corrected chi connectivity index (χ2v) is 5.84. The lowest BCUT2D eigenvalue weighted by molar-refractivity contribution is -0.133. The van der Waals surface area contributed by atoms with Gasteiger partial charge >= 0.3 is 0 Å². The predicted molar refractivity (Wildman–Crippen MR) is 77.7 cm³/mol. The van der Waals surface area contributed by atoms with Gasteiger partial charge in [0.05, 0.1) is 25.0 Å². The molecule has 1 aromatic heterocycles. The summed E-state index contributed by atoms with van der Waals surface area (Å²) in [7, 11) is 3.61. The molecule has 2 heterocycles. The van der Waals surface area contributed by atoms with E-state index in [2.05, 4.69) is 0 Å². The maximum Gasteiger partial charge on any atom is 0.236 e. The molecule has 0 spiro atoms. The summed E-state index contributed by atoms with van der Waals surface area (Å²) in [4.78, 5) is 15.7. The zero-order valence-electron chi connectivity index (χ0n) is 12.7. The first-order valence-electron chi connectivity index (χ1n) is 7.23. The summed E-state index contributed by atoms with van der Waals surface area (Å²) < 4.78 is 10.5. The first-order valence-corrected chi connectivity index (χ1v) is 7.23. The van der Waals surface area contributed by atoms with Gasteiger partial charge in [0.15, 0.2) is 0 Å². The number of likely N-dealkylation sites (N-methyl/N-ethyl adjacent to an activating group) is 2. The molecule has 0 atom stereocenters. The topological polar surface area (TPSA) is 66.2 Å². The highest BCUT2D eigenvalue weighted by Gasteiger charge is 2.31. The van der Waals surface area contributed by atoms with Crippen molar-refractivity contribution in [1.82, 2.24) is 9.80 Å². The Kier molecular flexibility index (Phi) is 5.39. The fraction of sp³-hybridized carbons (Fsp3) is 0.667. The summed E-state index contributed by atoms with van der Waals surface area (Å²) in [5.41, 5.74) is -0.743. The van der Waals surface area contributed by atoms with Crippen molar-refractivity contribution in [2.24, 2.45) is 0 Å². The van der Waals surface area contributed by atoms with Crippen molar-refractivity contribution in [3.63, 3.8) is 0 Å². The van der Waals surface area contributed by atoms with E-state index in [1.54, 1.807) is 24.3 Å². The van der Waals surface area contributed by atoms with E-state index in [4.69, 9.17) is 9.15 Å². The van der Waals surface area contributed by atoms with Crippen LogP contribution in [0.25, 0.3) is 0 Å². The average molecular weight is 296 g/mol. The lowest BCUT2D eigenvalue weighted by Crippen LogP contribution is -2.48. The Morgan fingerprint density at radius 1 is 1.38 bits per heavy atom. The first-order chi connectivity index (χ1) is 9.98. The second kappa shape index (κ2) is 7.06. The third-order valence-corrected chi connectivity index (χ3v) is 3.79. The van der Waals surface area contributed by atoms with Gasteiger partial charge in [0, 0.05) is 39.6 Å². The summed E-state index contributed by atoms with van der Waals surface area (Å²) in [6.07, 6.45) is 2.84. The van der Waals surface area contributed by atoms with Gasteiger partial charge in [-0.1, -0.05) is 0 Å². The minimum absolute atomic E-state index is 0.00422. The molecule has 0 unspecified atom stereocenters. The van der Waals surface area contributed by atoms with Crippen molar-refractivity contribution >= 4 is 5.91 Å². The van der Waals surface area contributed by atoms with Gasteiger partial charge in [-0.15, -0.1) is 0 Å². The number of hydrogen-bond donors (Lipinski definition) is 1. The zero-order valence-corrected chi connectivity index (χ0v) is 12.7. The van der Waals surface area contributed by atoms with E-state index in [0.717, 1.165) is 5.76 Å². The third kappa shape index (κ3) is 4.84. The number of aliphatic hydroxyl groups is 1. The summed E-state index contributed by atoms with van der Waals surface area (Å²) in [5, 5.41) is 10.4. The van der Waals surface area contributed by atoms with Crippen LogP contribution in [0.4, 0.5) is 0 Å². The molecular weight excluding hydrogens is 272 g/mol. The molecular formula is C15H24N2O4. The van der Waals surface area contributed by atoms with Crippen LogP contribution in [0.5, 0.6) is 0 Å². The molecule has 1 aromatic rings. The summed E-state index contributed by atoms with van der Waals surface area (Å²) in [6.45, 7) is 2.38. The van der Waals surface area contributed by atoms with E-state index in [1.165, 1.54) is 0 Å². The molecule has 21 heavy (non-hydrogen) atoms. The van der Waals surface area contributed by atoms with E-state index in [-0.39, 0.29) is 12.5 Å². The number of carbonyl (C=O) groups is 1. The van der Waals surface area contributed by atoms with Gasteiger partial charge in [-0.3, -0.25) is 9.69 Å². The van der Waals surface area contributed by atoms with Crippen LogP contribution in [-0.2, 0) is 16.1 Å². The monoisotopic (exact) mass is 296 g/mol. The summed E-state index contributed by atoms with van der Waals surface area (Å²) in [5.74, 6) is 0.765. The molecule has 0 aromatic carbocycles. The van der Waals surface area contributed by atoms with Crippen molar-refractivity contribution < 1.29 is 19.1 Å². The molecule has 1 N–H and O–H groups in total. The van der Waals surface area contributed by atoms with Gasteiger partial charge in [-0.05, 0) is 19.2 Å². The summed E-state index contributed by atoms with van der Waals surface area (Å²) in [6, 6.07) is 3.65. The minimum Gasteiger partial charge on any atom is -0.467 e. The smallest absolute Gasteiger partial charge is 0.236 e. The van der Waals surface area contributed by atoms with Crippen LogP contribution in [0.2, 0.25) is 0 Å². The van der Waals surface area contributed by atoms with E-state index in [0.29, 0.717) is 39.1 Å². The molecule has 1 aliphatic rings. The quantitative estimate of drug-likeness (QED) is 0.837. The molecule has 2 rings (SSSR count). The Morgan fingerprint density at radius 2 is 2.10 bits per heavy atom. The van der Waals surface area contributed by atoms with Crippen LogP contribution < -0.4 is 0 Å². The van der Waals surface area contributed by atoms with Gasteiger partial charge < -0.3 is 19.2 Å². The molecule has 1 aliphatic heterocycles. The molecule has 6 nitrogen and oxygen atoms in total. The molecule has 0 saturated carbocycles. The van der Waals surface area contributed by atoms with Crippen molar-refractivity contribution in [3.8, 4) is 0 Å². The van der Waals surface area contributed by atoms with Crippen molar-refractivity contribution in [2.45, 2.75) is 25.0 Å². The highest BCUT2D eigenvalue weighted by Crippen LogP contribution is 2.21. The van der Waals surface area contributed by atoms with E-state index >= 15 is 0 Å². The standard InChI is InChI=1S/C15H24N2O4/c1-16(12-15(19)5-8-20-9-6-15)11-14(18)17(2)10-13-4-3-7-21-13/h3-4,7,19H,5-6,8-12H2,1-2H3. The Labute approximate surface area is 125 Å². The molecule has 1 saturated heterocycles. The second-order valence-electron chi connectivity index (χ2n) is 5.84. The average Bonchev–Trinajstić information content (AvgIpc) is 2.91. The number of furan rings is 1. The Hall–Kier alpha value is -1.37. The van der Waals surface area contributed by atoms with Gasteiger partial charge in [-0.2, -0.15) is 0 Å². The number of hydrogen-bond acceptors (Lipinski definition) is 5. The zero-order chi connectivity index (χ0) is 15.3. The SMILES string of the molecule is CN(CC(=O)N(C)Cc1ccco1)CC1(O)CCOCC1. The van der Waals surface area contributed by atoms with Crippen LogP contribution >= 0.6 is 0 Å². The Morgan fingerprint density at radius 3 is 2.71 bits per heavy atom. The first kappa shape index (κ1) is 16.0. The van der Waals surface area contributed by atoms with Crippen LogP contribution in [0.15, 0.2) is 22.8 Å². The van der Waals surface area contributed by atoms with Crippen molar-refractivity contribution in [1.29, 1.82) is 0 Å². The van der Waals surface area contributed by atoms with Gasteiger partial charge in [-0.25, -0.2) is 0 Å². The fourth-order valence-corrected chi connectivity index (χ4v) is 2.54. The van der Waals surface area contributed by atoms with Crippen molar-refractivity contribution in [3.05, 3.63) is 24.2 Å². The highest BCUT2D eigenvalue weighted by atomic mass is 16.5. The predicted octanol–water partition coefficient (Wildman–Crippen LogP) is 0.711. The van der Waals surface area contributed by atoms with Crippen LogP contribution in [-0.4, -0.2) is 66.8 Å². The lowest BCUT2D eigenvalue weighted by atomic mass is 9.94. The van der Waals surface area contributed by atoms with Crippen molar-refractivity contribution in [2.75, 3.05) is 40.4 Å². The molecule has 0 bridgehead atoms. The fourth-order valence-electron chi connectivity index (χ4n) is 2.54. The Bertz CT molecular complexity index is 441. The molecule has 6 heteroatoms. The molecule has 1 amide bonds. The van der Waals surface area contributed by atoms with Crippen LogP contribution in [0.3, 0.4) is 0 Å². The van der Waals surface area contributed by atoms with E-state index in [9.17, 15) is 9.90 Å². The van der Waals surface area contributed by atoms with Gasteiger partial charge in [0.2, 0.25) is 5.91 Å². The van der Waals surface area contributed by atoms with Crippen LogP contribution in [0.1, 0.15) is 18.6 Å². The molecule has 0 aliphatic carbocycles. The molecule has 1 fully saturated rings. The third-order valence-electron chi connectivity index (χ3n) is 3.79. The maximum atomic E-state index is 12.2. The number of nitrogens with zero attached hydrogens (tertiary/aromatic N) is 2. The van der Waals surface area contributed by atoms with E-state index < -0.39 is 5.60 Å². The normalized spacial score (nSPS) is 17.9. The maximum absolute atomic E-state index is 12.2. The number of carbonyl (C=O) groups excluding carboxylic acids is 1. The highest BCUT2D eigenvalue weighted by molar-refractivity contribution is 5.77. The number of ether oxygens (including phenoxy) is 1. The minimum atomic E-state index is -0.743. The largest absolute Gasteiger partial charge is 0.467 e. The Balaban J connectivity index is 1.78. The molecule has 0 radical (unpaired) electrons. The summed E-state index contributed by atoms with van der Waals surface area (Å²) >= 11 is 0. The number of rotatable bonds is 6. The van der Waals surface area contributed by atoms with Gasteiger partial charge in [0.25, 0.3) is 0 Å².